The number of nitrogens with one attached hydrogen (secondary N) is 1. The quantitative estimate of drug-likeness (QED) is 0.700. The maximum Gasteiger partial charge on any atom is 0.337 e. The van der Waals surface area contributed by atoms with Gasteiger partial charge in [-0.15, -0.1) is 0 Å². The number of hydrogen-bond acceptors (Lipinski definition) is 5. The smallest absolute Gasteiger partial charge is 0.337 e. The first-order valence-corrected chi connectivity index (χ1v) is 9.05. The SMILES string of the molecule is CC(=O)c1ccc2c(c1)N(CCC(=O)Nc1ccc(Cl)c(C(=O)O)c1)C(=O)CO2. The first-order chi connectivity index (χ1) is 13.8. The second-order valence-corrected chi connectivity index (χ2v) is 6.78. The highest BCUT2D eigenvalue weighted by molar-refractivity contribution is 6.33. The third-order valence-corrected chi connectivity index (χ3v) is 4.68. The molecule has 3 rings (SSSR count). The fourth-order valence-electron chi connectivity index (χ4n) is 2.87. The third kappa shape index (κ3) is 4.55. The minimum absolute atomic E-state index is 0.0412. The molecule has 0 saturated heterocycles. The van der Waals surface area contributed by atoms with Crippen LogP contribution in [0.4, 0.5) is 11.4 Å². The number of anilines is 2. The van der Waals surface area contributed by atoms with Crippen LogP contribution in [0.5, 0.6) is 5.75 Å². The van der Waals surface area contributed by atoms with Crippen molar-refractivity contribution in [1.29, 1.82) is 0 Å². The van der Waals surface area contributed by atoms with Crippen LogP contribution >= 0.6 is 11.6 Å². The molecule has 0 aromatic heterocycles. The van der Waals surface area contributed by atoms with Crippen LogP contribution in [-0.2, 0) is 9.59 Å². The Morgan fingerprint density at radius 3 is 2.66 bits per heavy atom. The summed E-state index contributed by atoms with van der Waals surface area (Å²) < 4.78 is 5.38. The van der Waals surface area contributed by atoms with Gasteiger partial charge in [-0.25, -0.2) is 4.79 Å². The Labute approximate surface area is 171 Å². The van der Waals surface area contributed by atoms with E-state index < -0.39 is 11.9 Å². The van der Waals surface area contributed by atoms with E-state index in [2.05, 4.69) is 5.32 Å². The van der Waals surface area contributed by atoms with Crippen molar-refractivity contribution in [2.24, 2.45) is 0 Å². The molecule has 2 aromatic rings. The molecule has 8 nitrogen and oxygen atoms in total. The van der Waals surface area contributed by atoms with Crippen molar-refractivity contribution in [3.8, 4) is 5.75 Å². The Morgan fingerprint density at radius 1 is 1.21 bits per heavy atom. The average Bonchev–Trinajstić information content (AvgIpc) is 2.68. The van der Waals surface area contributed by atoms with Crippen LogP contribution in [-0.4, -0.2) is 41.8 Å². The molecule has 0 unspecified atom stereocenters. The molecular weight excluding hydrogens is 400 g/mol. The molecule has 0 fully saturated rings. The zero-order valence-corrected chi connectivity index (χ0v) is 16.2. The summed E-state index contributed by atoms with van der Waals surface area (Å²) in [5.74, 6) is -1.64. The highest BCUT2D eigenvalue weighted by Gasteiger charge is 2.26. The van der Waals surface area contributed by atoms with Crippen molar-refractivity contribution in [2.45, 2.75) is 13.3 Å². The van der Waals surface area contributed by atoms with E-state index in [0.29, 0.717) is 17.0 Å². The van der Waals surface area contributed by atoms with Crippen LogP contribution in [0.3, 0.4) is 0 Å². The minimum Gasteiger partial charge on any atom is -0.482 e. The molecule has 0 spiro atoms. The lowest BCUT2D eigenvalue weighted by Gasteiger charge is -2.29. The van der Waals surface area contributed by atoms with Gasteiger partial charge in [0.2, 0.25) is 5.91 Å². The number of ketones is 1. The molecule has 2 amide bonds. The number of fused-ring (bicyclic) bond motifs is 1. The van der Waals surface area contributed by atoms with Gasteiger partial charge < -0.3 is 20.1 Å². The summed E-state index contributed by atoms with van der Waals surface area (Å²) in [5.41, 5.74) is 1.02. The van der Waals surface area contributed by atoms with Gasteiger partial charge in [0, 0.05) is 24.2 Å². The number of ether oxygens (including phenoxy) is 1. The maximum absolute atomic E-state index is 12.3. The van der Waals surface area contributed by atoms with E-state index in [1.807, 2.05) is 0 Å². The average molecular weight is 417 g/mol. The summed E-state index contributed by atoms with van der Waals surface area (Å²) in [5, 5.41) is 11.8. The summed E-state index contributed by atoms with van der Waals surface area (Å²) in [6, 6.07) is 8.92. The Bertz CT molecular complexity index is 1020. The summed E-state index contributed by atoms with van der Waals surface area (Å²) >= 11 is 5.82. The highest BCUT2D eigenvalue weighted by atomic mass is 35.5. The molecule has 0 bridgehead atoms. The second kappa shape index (κ2) is 8.32. The van der Waals surface area contributed by atoms with Gasteiger partial charge in [0.05, 0.1) is 16.3 Å². The van der Waals surface area contributed by atoms with Crippen LogP contribution < -0.4 is 15.0 Å². The predicted molar refractivity (Wildman–Crippen MR) is 106 cm³/mol. The largest absolute Gasteiger partial charge is 0.482 e. The number of rotatable bonds is 6. The van der Waals surface area contributed by atoms with Gasteiger partial charge in [0.25, 0.3) is 5.91 Å². The number of aromatic carboxylic acids is 1. The lowest BCUT2D eigenvalue weighted by Crippen LogP contribution is -2.40. The first kappa shape index (κ1) is 20.3. The van der Waals surface area contributed by atoms with Gasteiger partial charge in [0.1, 0.15) is 5.75 Å². The first-order valence-electron chi connectivity index (χ1n) is 8.67. The molecule has 1 aliphatic heterocycles. The monoisotopic (exact) mass is 416 g/mol. The van der Waals surface area contributed by atoms with E-state index in [1.165, 1.54) is 30.0 Å². The van der Waals surface area contributed by atoms with Gasteiger partial charge in [-0.2, -0.15) is 0 Å². The molecule has 29 heavy (non-hydrogen) atoms. The molecule has 9 heteroatoms. The third-order valence-electron chi connectivity index (χ3n) is 4.35. The predicted octanol–water partition coefficient (Wildman–Crippen LogP) is 3.00. The highest BCUT2D eigenvalue weighted by Crippen LogP contribution is 2.33. The summed E-state index contributed by atoms with van der Waals surface area (Å²) in [6.07, 6.45) is -0.0412. The summed E-state index contributed by atoms with van der Waals surface area (Å²) in [7, 11) is 0. The van der Waals surface area contributed by atoms with Gasteiger partial charge in [-0.3, -0.25) is 14.4 Å². The zero-order valence-electron chi connectivity index (χ0n) is 15.4. The number of benzene rings is 2. The van der Waals surface area contributed by atoms with Crippen molar-refractivity contribution in [3.63, 3.8) is 0 Å². The van der Waals surface area contributed by atoms with Crippen molar-refractivity contribution in [2.75, 3.05) is 23.4 Å². The Hall–Kier alpha value is -3.39. The van der Waals surface area contributed by atoms with Crippen LogP contribution in [0.25, 0.3) is 0 Å². The molecule has 2 N–H and O–H groups in total. The molecule has 150 valence electrons. The number of carboxylic acids is 1. The number of carboxylic acid groups (broad SMARTS) is 1. The molecule has 0 radical (unpaired) electrons. The van der Waals surface area contributed by atoms with Crippen LogP contribution in [0.15, 0.2) is 36.4 Å². The molecule has 2 aromatic carbocycles. The summed E-state index contributed by atoms with van der Waals surface area (Å²) in [6.45, 7) is 1.33. The van der Waals surface area contributed by atoms with E-state index >= 15 is 0 Å². The number of carbonyl (C=O) groups is 4. The normalized spacial score (nSPS) is 12.8. The molecule has 1 aliphatic rings. The molecule has 1 heterocycles. The number of hydrogen-bond donors (Lipinski definition) is 2. The molecule has 0 aliphatic carbocycles. The van der Waals surface area contributed by atoms with E-state index in [1.54, 1.807) is 18.2 Å². The van der Waals surface area contributed by atoms with E-state index in [9.17, 15) is 19.2 Å². The van der Waals surface area contributed by atoms with Gasteiger partial charge in [-0.05, 0) is 43.3 Å². The Kier molecular flexibility index (Phi) is 5.84. The topological polar surface area (TPSA) is 113 Å². The van der Waals surface area contributed by atoms with Crippen LogP contribution in [0, 0.1) is 0 Å². The Balaban J connectivity index is 1.71. The van der Waals surface area contributed by atoms with Crippen molar-refractivity contribution in [1.82, 2.24) is 0 Å². The van der Waals surface area contributed by atoms with Gasteiger partial charge in [-0.1, -0.05) is 11.6 Å². The molecular formula is C20H17ClN2O6. The Morgan fingerprint density at radius 2 is 1.97 bits per heavy atom. The number of Topliss-reactive ketones (excluding diaryl/α,β-unsaturated/α-hetero) is 1. The fraction of sp³-hybridized carbons (Fsp3) is 0.200. The van der Waals surface area contributed by atoms with Crippen LogP contribution in [0.1, 0.15) is 34.1 Å². The lowest BCUT2D eigenvalue weighted by atomic mass is 10.1. The van der Waals surface area contributed by atoms with E-state index in [-0.39, 0.29) is 47.5 Å². The standard InChI is InChI=1S/C20H17ClN2O6/c1-11(24)12-2-5-17-16(8-12)23(19(26)10-29-17)7-6-18(25)22-13-3-4-15(21)14(9-13)20(27)28/h2-5,8-9H,6-7,10H2,1H3,(H,22,25)(H,27,28). The lowest BCUT2D eigenvalue weighted by molar-refractivity contribution is -0.121. The molecule has 0 atom stereocenters. The van der Waals surface area contributed by atoms with Gasteiger partial charge >= 0.3 is 5.97 Å². The van der Waals surface area contributed by atoms with Crippen molar-refractivity contribution < 1.29 is 29.0 Å². The molecule has 0 saturated carbocycles. The fourth-order valence-corrected chi connectivity index (χ4v) is 3.07. The minimum atomic E-state index is -1.21. The zero-order chi connectivity index (χ0) is 21.1. The van der Waals surface area contributed by atoms with Crippen LogP contribution in [0.2, 0.25) is 5.02 Å². The van der Waals surface area contributed by atoms with Crippen molar-refractivity contribution >= 4 is 46.5 Å². The van der Waals surface area contributed by atoms with Crippen molar-refractivity contribution in [3.05, 3.63) is 52.5 Å². The number of halogens is 1. The summed E-state index contributed by atoms with van der Waals surface area (Å²) in [4.78, 5) is 48.7. The van der Waals surface area contributed by atoms with E-state index in [0.717, 1.165) is 0 Å². The maximum atomic E-state index is 12.3. The number of carbonyl (C=O) groups excluding carboxylic acids is 3. The van der Waals surface area contributed by atoms with Gasteiger partial charge in [0.15, 0.2) is 12.4 Å². The number of nitrogens with zero attached hydrogens (tertiary/aromatic N) is 1. The second-order valence-electron chi connectivity index (χ2n) is 6.37. The number of amides is 2. The van der Waals surface area contributed by atoms with E-state index in [4.69, 9.17) is 21.4 Å².